The van der Waals surface area contributed by atoms with Gasteiger partial charge in [-0.25, -0.2) is 0 Å². The number of aromatic carboxylic acids is 1. The van der Waals surface area contributed by atoms with Crippen molar-refractivity contribution in [3.63, 3.8) is 0 Å². The average Bonchev–Trinajstić information content (AvgIpc) is 2.63. The van der Waals surface area contributed by atoms with Crippen LogP contribution in [-0.2, 0) is 0 Å². The van der Waals surface area contributed by atoms with Gasteiger partial charge in [0.05, 0.1) is 0 Å². The zero-order valence-electron chi connectivity index (χ0n) is 7.44. The van der Waals surface area contributed by atoms with Crippen molar-refractivity contribution in [2.24, 2.45) is 0 Å². The second-order valence-electron chi connectivity index (χ2n) is 2.69. The van der Waals surface area contributed by atoms with Crippen molar-refractivity contribution >= 4 is 25.4 Å². The number of carbonyl (C=O) groups is 1. The molecule has 1 aromatic rings. The molecule has 4 nitrogen and oxygen atoms in total. The van der Waals surface area contributed by atoms with E-state index < -0.39 is 5.97 Å². The number of carboxylic acid groups (broad SMARTS) is 1. The maximum atomic E-state index is 10.9. The van der Waals surface area contributed by atoms with Gasteiger partial charge in [0.15, 0.2) is 0 Å². The molecule has 0 bridgehead atoms. The van der Waals surface area contributed by atoms with Gasteiger partial charge in [0.1, 0.15) is 0 Å². The van der Waals surface area contributed by atoms with Gasteiger partial charge in [-0.3, -0.25) is 0 Å². The molecule has 14 heavy (non-hydrogen) atoms. The number of hydrogen-bond donors (Lipinski definition) is 1. The van der Waals surface area contributed by atoms with Gasteiger partial charge in [0.2, 0.25) is 0 Å². The van der Waals surface area contributed by atoms with E-state index >= 15 is 0 Å². The van der Waals surface area contributed by atoms with Gasteiger partial charge in [-0.15, -0.1) is 0 Å². The Morgan fingerprint density at radius 2 is 2.29 bits per heavy atom. The van der Waals surface area contributed by atoms with Gasteiger partial charge in [-0.05, 0) is 0 Å². The molecule has 1 N–H and O–H groups in total. The molecule has 0 saturated heterocycles. The SMILES string of the molecule is C[Se]c1c(C(=O)O)ccc2c1OCO2. The van der Waals surface area contributed by atoms with Crippen LogP contribution in [0.25, 0.3) is 0 Å². The maximum absolute atomic E-state index is 10.9. The molecule has 1 heterocycles. The fourth-order valence-corrected chi connectivity index (χ4v) is 2.83. The fourth-order valence-electron chi connectivity index (χ4n) is 1.32. The molecule has 1 aliphatic rings. The first kappa shape index (κ1) is 9.37. The monoisotopic (exact) mass is 260 g/mol. The van der Waals surface area contributed by atoms with Crippen LogP contribution in [0, 0.1) is 0 Å². The molecule has 0 atom stereocenters. The van der Waals surface area contributed by atoms with Crippen molar-refractivity contribution in [1.29, 1.82) is 0 Å². The summed E-state index contributed by atoms with van der Waals surface area (Å²) in [6, 6.07) is 3.21. The molecule has 1 aliphatic heterocycles. The Bertz CT molecular complexity index is 389. The Balaban J connectivity index is 2.59. The first-order valence-electron chi connectivity index (χ1n) is 3.94. The Hall–Kier alpha value is -1.19. The number of benzene rings is 1. The molecule has 0 spiro atoms. The third kappa shape index (κ3) is 1.34. The zero-order valence-corrected chi connectivity index (χ0v) is 9.16. The van der Waals surface area contributed by atoms with E-state index in [1.54, 1.807) is 12.1 Å². The van der Waals surface area contributed by atoms with Crippen LogP contribution in [-0.4, -0.2) is 32.8 Å². The third-order valence-corrected chi connectivity index (χ3v) is 3.64. The van der Waals surface area contributed by atoms with Crippen LogP contribution in [0.15, 0.2) is 12.1 Å². The van der Waals surface area contributed by atoms with Crippen LogP contribution >= 0.6 is 0 Å². The van der Waals surface area contributed by atoms with Crippen molar-refractivity contribution in [2.75, 3.05) is 6.79 Å². The minimum atomic E-state index is -0.915. The Morgan fingerprint density at radius 3 is 2.93 bits per heavy atom. The molecule has 2 rings (SSSR count). The molecule has 0 aromatic heterocycles. The molecular weight excluding hydrogens is 251 g/mol. The molecule has 0 unspecified atom stereocenters. The van der Waals surface area contributed by atoms with Crippen molar-refractivity contribution < 1.29 is 19.4 Å². The molecule has 0 saturated carbocycles. The molecule has 74 valence electrons. The van der Waals surface area contributed by atoms with E-state index in [0.29, 0.717) is 17.1 Å². The quantitative estimate of drug-likeness (QED) is 0.785. The van der Waals surface area contributed by atoms with Crippen molar-refractivity contribution in [1.82, 2.24) is 0 Å². The molecule has 0 amide bonds. The first-order chi connectivity index (χ1) is 6.74. The number of rotatable bonds is 2. The van der Waals surface area contributed by atoms with Gasteiger partial charge >= 0.3 is 86.6 Å². The Kier molecular flexibility index (Phi) is 2.35. The van der Waals surface area contributed by atoms with Crippen LogP contribution in [0.2, 0.25) is 5.82 Å². The summed E-state index contributed by atoms with van der Waals surface area (Å²) in [7, 11) is 0. The first-order valence-corrected chi connectivity index (χ1v) is 6.51. The summed E-state index contributed by atoms with van der Waals surface area (Å²) in [4.78, 5) is 10.9. The van der Waals surface area contributed by atoms with Crippen molar-refractivity contribution in [2.45, 2.75) is 5.82 Å². The van der Waals surface area contributed by atoms with Crippen LogP contribution in [0.4, 0.5) is 0 Å². The topological polar surface area (TPSA) is 55.8 Å². The van der Waals surface area contributed by atoms with Gasteiger partial charge in [-0.1, -0.05) is 0 Å². The summed E-state index contributed by atoms with van der Waals surface area (Å²) in [5, 5.41) is 8.94. The second kappa shape index (κ2) is 3.52. The summed E-state index contributed by atoms with van der Waals surface area (Å²) in [5.41, 5.74) is 0.316. The van der Waals surface area contributed by atoms with E-state index in [2.05, 4.69) is 0 Å². The van der Waals surface area contributed by atoms with Crippen LogP contribution in [0.3, 0.4) is 0 Å². The van der Waals surface area contributed by atoms with E-state index in [0.717, 1.165) is 4.46 Å². The molecule has 0 aliphatic carbocycles. The third-order valence-electron chi connectivity index (χ3n) is 1.93. The predicted octanol–water partition coefficient (Wildman–Crippen LogP) is 0.491. The van der Waals surface area contributed by atoms with E-state index in [1.807, 2.05) is 5.82 Å². The van der Waals surface area contributed by atoms with Gasteiger partial charge < -0.3 is 0 Å². The van der Waals surface area contributed by atoms with Gasteiger partial charge in [-0.2, -0.15) is 0 Å². The number of hydrogen-bond acceptors (Lipinski definition) is 3. The fraction of sp³-hybridized carbons (Fsp3) is 0.222. The summed E-state index contributed by atoms with van der Waals surface area (Å²) in [6.45, 7) is 0.182. The number of fused-ring (bicyclic) bond motifs is 1. The minimum absolute atomic E-state index is 0.0762. The Labute approximate surface area is 87.0 Å². The summed E-state index contributed by atoms with van der Waals surface area (Å²) >= 11 is 0.0762. The van der Waals surface area contributed by atoms with E-state index in [1.165, 1.54) is 0 Å². The van der Waals surface area contributed by atoms with E-state index in [-0.39, 0.29) is 21.7 Å². The van der Waals surface area contributed by atoms with Crippen LogP contribution in [0.5, 0.6) is 11.5 Å². The van der Waals surface area contributed by atoms with Crippen LogP contribution in [0.1, 0.15) is 10.4 Å². The molecule has 1 aromatic carbocycles. The molecular formula is C9H8O4Se. The molecule has 5 heteroatoms. The summed E-state index contributed by atoms with van der Waals surface area (Å²) in [6.07, 6.45) is 0. The van der Waals surface area contributed by atoms with Crippen molar-refractivity contribution in [3.8, 4) is 11.5 Å². The normalized spacial score (nSPS) is 12.9. The van der Waals surface area contributed by atoms with Gasteiger partial charge in [0.25, 0.3) is 0 Å². The number of carboxylic acids is 1. The number of ether oxygens (including phenoxy) is 2. The van der Waals surface area contributed by atoms with Crippen LogP contribution < -0.4 is 13.9 Å². The zero-order chi connectivity index (χ0) is 10.1. The second-order valence-corrected chi connectivity index (χ2v) is 4.40. The van der Waals surface area contributed by atoms with Crippen molar-refractivity contribution in [3.05, 3.63) is 17.7 Å². The molecule has 0 fully saturated rings. The summed E-state index contributed by atoms with van der Waals surface area (Å²) in [5.74, 6) is 2.29. The average molecular weight is 259 g/mol. The van der Waals surface area contributed by atoms with E-state index in [4.69, 9.17) is 14.6 Å². The summed E-state index contributed by atoms with van der Waals surface area (Å²) < 4.78 is 11.2. The Morgan fingerprint density at radius 1 is 1.50 bits per heavy atom. The molecule has 0 radical (unpaired) electrons. The standard InChI is InChI=1S/C9H8O4Se/c1-14-8-5(9(10)11)2-3-6-7(8)13-4-12-6/h2-3H,4H2,1H3,(H,10,11). The van der Waals surface area contributed by atoms with Gasteiger partial charge in [0, 0.05) is 0 Å². The van der Waals surface area contributed by atoms with E-state index in [9.17, 15) is 4.79 Å². The predicted molar refractivity (Wildman–Crippen MR) is 50.8 cm³/mol.